The van der Waals surface area contributed by atoms with Crippen molar-refractivity contribution < 1.29 is 88.5 Å². The molecule has 2 aliphatic heterocycles. The summed E-state index contributed by atoms with van der Waals surface area (Å²) in [6.45, 7) is 1.21. The molecule has 2 rings (SSSR count). The first-order valence-corrected chi connectivity index (χ1v) is 10.9. The molecule has 0 radical (unpaired) electrons. The number of alkyl halides is 15. The van der Waals surface area contributed by atoms with Crippen LogP contribution in [0.1, 0.15) is 39.5 Å². The van der Waals surface area contributed by atoms with Crippen molar-refractivity contribution in [2.24, 2.45) is 0 Å². The van der Waals surface area contributed by atoms with Gasteiger partial charge in [-0.2, -0.15) is 39.5 Å². The largest absolute Gasteiger partial charge is 0.448 e. The second kappa shape index (κ2) is 14.0. The quantitative estimate of drug-likeness (QED) is 0.272. The summed E-state index contributed by atoms with van der Waals surface area (Å²) >= 11 is 0. The zero-order valence-electron chi connectivity index (χ0n) is 20.1. The number of hydrogen-bond acceptors (Lipinski definition) is 2. The van der Waals surface area contributed by atoms with E-state index in [9.17, 15) is 79.0 Å². The molecule has 2 nitrogen and oxygen atoms in total. The average Bonchev–Trinajstić information content (AvgIpc) is 3.50. The van der Waals surface area contributed by atoms with E-state index in [1.165, 1.54) is 0 Å². The highest BCUT2D eigenvalue weighted by molar-refractivity contribution is 4.98. The smallest absolute Gasteiger partial charge is 0.372 e. The van der Waals surface area contributed by atoms with Crippen LogP contribution in [0.4, 0.5) is 79.0 Å². The summed E-state index contributed by atoms with van der Waals surface area (Å²) in [5.41, 5.74) is 0. The van der Waals surface area contributed by atoms with Crippen LogP contribution in [-0.2, 0) is 9.47 Å². The van der Waals surface area contributed by atoms with Crippen molar-refractivity contribution in [3.63, 3.8) is 0 Å². The fraction of sp³-hybridized carbons (Fsp3) is 0.900. The van der Waals surface area contributed by atoms with E-state index >= 15 is 0 Å². The van der Waals surface area contributed by atoms with Gasteiger partial charge in [-0.3, -0.25) is 0 Å². The lowest BCUT2D eigenvalue weighted by molar-refractivity contribution is -0.267. The van der Waals surface area contributed by atoms with E-state index in [2.05, 4.69) is 9.47 Å². The molecule has 6 unspecified atom stereocenters. The van der Waals surface area contributed by atoms with Crippen molar-refractivity contribution in [3.05, 3.63) is 11.9 Å². The molecular formula is C20H22F18O2. The Labute approximate surface area is 214 Å². The van der Waals surface area contributed by atoms with Crippen molar-refractivity contribution in [3.8, 4) is 0 Å². The van der Waals surface area contributed by atoms with Gasteiger partial charge in [0.15, 0.2) is 12.3 Å². The zero-order valence-corrected chi connectivity index (χ0v) is 20.1. The van der Waals surface area contributed by atoms with E-state index in [-0.39, 0.29) is 19.4 Å². The first-order valence-electron chi connectivity index (χ1n) is 10.9. The van der Waals surface area contributed by atoms with Gasteiger partial charge in [-0.1, -0.05) is 0 Å². The lowest BCUT2D eigenvalue weighted by Crippen LogP contribution is -2.49. The van der Waals surface area contributed by atoms with E-state index in [1.54, 1.807) is 0 Å². The average molecular weight is 636 g/mol. The van der Waals surface area contributed by atoms with Crippen LogP contribution in [0.3, 0.4) is 0 Å². The van der Waals surface area contributed by atoms with Gasteiger partial charge in [0.05, 0.1) is 0 Å². The van der Waals surface area contributed by atoms with Gasteiger partial charge in [0.1, 0.15) is 18.3 Å². The summed E-state index contributed by atoms with van der Waals surface area (Å²) < 4.78 is 225. The van der Waals surface area contributed by atoms with Crippen LogP contribution in [0.25, 0.3) is 0 Å². The molecule has 0 aromatic heterocycles. The molecule has 20 heteroatoms. The molecule has 0 aromatic rings. The first kappa shape index (κ1) is 38.4. The van der Waals surface area contributed by atoms with Crippen LogP contribution >= 0.6 is 0 Å². The zero-order chi connectivity index (χ0) is 32.1. The van der Waals surface area contributed by atoms with Crippen molar-refractivity contribution in [1.82, 2.24) is 0 Å². The number of rotatable bonds is 6. The Morgan fingerprint density at radius 3 is 1.25 bits per heavy atom. The van der Waals surface area contributed by atoms with E-state index in [0.29, 0.717) is 13.8 Å². The van der Waals surface area contributed by atoms with Crippen molar-refractivity contribution in [1.29, 1.82) is 0 Å². The second-order valence-corrected chi connectivity index (χ2v) is 8.42. The minimum absolute atomic E-state index is 0.0508. The van der Waals surface area contributed by atoms with Gasteiger partial charge in [-0.25, -0.2) is 39.5 Å². The standard InChI is InChI=1S/C10H14F6O.C7H8F6O.C3F6/c1-5(11)9(13,14)7-3-4-8(17-7)10(15,16)6(2)12;8-5(7(11,12)13)6(9,10)4-2-1-3-14-4;4-1(2(5)6)3(7,8)9/h5-8H,3-4H2,1-2H3;4-5H,1-3H2;. The van der Waals surface area contributed by atoms with Gasteiger partial charge >= 0.3 is 36.2 Å². The van der Waals surface area contributed by atoms with Gasteiger partial charge in [0.2, 0.25) is 0 Å². The minimum Gasteiger partial charge on any atom is -0.372 e. The molecule has 240 valence electrons. The van der Waals surface area contributed by atoms with Crippen LogP contribution in [-0.4, -0.2) is 73.6 Å². The fourth-order valence-electron chi connectivity index (χ4n) is 3.09. The predicted octanol–water partition coefficient (Wildman–Crippen LogP) is 8.85. The SMILES string of the molecule is CC(F)C(F)(F)C1CCC(C(F)(F)C(C)F)O1.FC(C(F)(F)F)C(F)(F)C1CCCO1.FC(F)=C(F)C(F)(F)F. The Bertz CT molecular complexity index is 768. The fourth-order valence-corrected chi connectivity index (χ4v) is 3.09. The third-order valence-corrected chi connectivity index (χ3v) is 5.34. The summed E-state index contributed by atoms with van der Waals surface area (Å²) in [6, 6.07) is 0. The van der Waals surface area contributed by atoms with Crippen LogP contribution < -0.4 is 0 Å². The van der Waals surface area contributed by atoms with Gasteiger partial charge in [0.25, 0.3) is 12.0 Å². The topological polar surface area (TPSA) is 18.5 Å². The number of halogens is 18. The Kier molecular flexibility index (Phi) is 13.5. The highest BCUT2D eigenvalue weighted by atomic mass is 19.4. The molecule has 2 aliphatic rings. The third kappa shape index (κ3) is 10.3. The molecule has 2 fully saturated rings. The summed E-state index contributed by atoms with van der Waals surface area (Å²) in [7, 11) is 0. The predicted molar refractivity (Wildman–Crippen MR) is 100 cm³/mol. The highest BCUT2D eigenvalue weighted by Crippen LogP contribution is 2.42. The first-order chi connectivity index (χ1) is 17.7. The van der Waals surface area contributed by atoms with Crippen LogP contribution in [0.15, 0.2) is 11.9 Å². The number of hydrogen-bond donors (Lipinski definition) is 0. The Balaban J connectivity index is 0.000000599. The summed E-state index contributed by atoms with van der Waals surface area (Å²) in [4.78, 5) is 0. The molecule has 0 spiro atoms. The monoisotopic (exact) mass is 636 g/mol. The molecular weight excluding hydrogens is 614 g/mol. The molecule has 2 heterocycles. The third-order valence-electron chi connectivity index (χ3n) is 5.34. The molecule has 40 heavy (non-hydrogen) atoms. The molecule has 0 amide bonds. The van der Waals surface area contributed by atoms with E-state index in [4.69, 9.17) is 0 Å². The summed E-state index contributed by atoms with van der Waals surface area (Å²) in [6.07, 6.45) is -30.2. The van der Waals surface area contributed by atoms with Crippen molar-refractivity contribution in [2.75, 3.05) is 6.61 Å². The van der Waals surface area contributed by atoms with Crippen LogP contribution in [0, 0.1) is 0 Å². The van der Waals surface area contributed by atoms with Gasteiger partial charge in [0, 0.05) is 6.61 Å². The second-order valence-electron chi connectivity index (χ2n) is 8.42. The molecule has 0 N–H and O–H groups in total. The van der Waals surface area contributed by atoms with Gasteiger partial charge in [-0.15, -0.1) is 0 Å². The molecule has 6 atom stereocenters. The Morgan fingerprint density at radius 1 is 0.625 bits per heavy atom. The highest BCUT2D eigenvalue weighted by Gasteiger charge is 2.61. The normalized spacial score (nSPS) is 24.8. The Morgan fingerprint density at radius 2 is 1.02 bits per heavy atom. The van der Waals surface area contributed by atoms with E-state index < -0.39 is 91.7 Å². The van der Waals surface area contributed by atoms with Crippen LogP contribution in [0.2, 0.25) is 0 Å². The molecule has 0 bridgehead atoms. The Hall–Kier alpha value is -1.60. The summed E-state index contributed by atoms with van der Waals surface area (Å²) in [5, 5.41) is 0. The maximum Gasteiger partial charge on any atom is 0.448 e. The molecule has 0 aliphatic carbocycles. The van der Waals surface area contributed by atoms with E-state index in [0.717, 1.165) is 0 Å². The number of ether oxygens (including phenoxy) is 2. The molecule has 2 saturated heterocycles. The van der Waals surface area contributed by atoms with Gasteiger partial charge < -0.3 is 9.47 Å². The molecule has 0 aromatic carbocycles. The van der Waals surface area contributed by atoms with Gasteiger partial charge in [-0.05, 0) is 39.5 Å². The maximum atomic E-state index is 13.2. The minimum atomic E-state index is -5.56. The molecule has 0 saturated carbocycles. The van der Waals surface area contributed by atoms with Crippen LogP contribution in [0.5, 0.6) is 0 Å². The lowest BCUT2D eigenvalue weighted by atomic mass is 10.0. The van der Waals surface area contributed by atoms with Crippen molar-refractivity contribution >= 4 is 0 Å². The maximum absolute atomic E-state index is 13.2. The van der Waals surface area contributed by atoms with E-state index in [1.807, 2.05) is 0 Å². The van der Waals surface area contributed by atoms with Crippen molar-refractivity contribution in [2.45, 2.75) is 106 Å². The lowest BCUT2D eigenvalue weighted by Gasteiger charge is -2.28. The number of allylic oxidation sites excluding steroid dienone is 1. The summed E-state index contributed by atoms with van der Waals surface area (Å²) in [5.74, 6) is -15.5.